The maximum atomic E-state index is 13.6. The zero-order chi connectivity index (χ0) is 13.2. The van der Waals surface area contributed by atoms with E-state index < -0.39 is 11.6 Å². The monoisotopic (exact) mass is 273 g/mol. The van der Waals surface area contributed by atoms with E-state index in [-0.39, 0.29) is 10.6 Å². The van der Waals surface area contributed by atoms with Crippen molar-refractivity contribution in [3.8, 4) is 0 Å². The van der Waals surface area contributed by atoms with Crippen LogP contribution in [0.2, 0.25) is 0 Å². The van der Waals surface area contributed by atoms with E-state index in [1.54, 1.807) is 11.8 Å². The van der Waals surface area contributed by atoms with Crippen LogP contribution in [-0.2, 0) is 0 Å². The minimum absolute atomic E-state index is 0.0903. The largest absolute Gasteiger partial charge is 0.354 e. The first kappa shape index (κ1) is 13.5. The first-order chi connectivity index (χ1) is 8.60. The van der Waals surface area contributed by atoms with Crippen molar-refractivity contribution in [3.05, 3.63) is 23.9 Å². The normalized spacial score (nSPS) is 19.0. The Morgan fingerprint density at radius 3 is 2.61 bits per heavy atom. The van der Waals surface area contributed by atoms with E-state index >= 15 is 0 Å². The van der Waals surface area contributed by atoms with E-state index in [2.05, 4.69) is 11.2 Å². The van der Waals surface area contributed by atoms with Gasteiger partial charge in [-0.15, -0.1) is 0 Å². The number of nitrogens with zero attached hydrogens (tertiary/aromatic N) is 2. The van der Waals surface area contributed by atoms with Crippen molar-refractivity contribution >= 4 is 17.6 Å². The van der Waals surface area contributed by atoms with Gasteiger partial charge in [-0.25, -0.2) is 13.8 Å². The fourth-order valence-corrected chi connectivity index (χ4v) is 3.02. The van der Waals surface area contributed by atoms with Gasteiger partial charge in [0.05, 0.1) is 6.20 Å². The van der Waals surface area contributed by atoms with Gasteiger partial charge in [0.2, 0.25) is 0 Å². The molecule has 100 valence electrons. The molecule has 1 aromatic rings. The van der Waals surface area contributed by atoms with Gasteiger partial charge in [0.25, 0.3) is 0 Å². The highest BCUT2D eigenvalue weighted by atomic mass is 32.2. The number of hydrogen-bond donors (Lipinski definition) is 1. The van der Waals surface area contributed by atoms with Gasteiger partial charge in [-0.3, -0.25) is 0 Å². The van der Waals surface area contributed by atoms with Gasteiger partial charge in [0.1, 0.15) is 5.82 Å². The Bertz CT molecular complexity index is 414. The van der Waals surface area contributed by atoms with Crippen molar-refractivity contribution in [3.63, 3.8) is 0 Å². The van der Waals surface area contributed by atoms with E-state index in [4.69, 9.17) is 5.73 Å². The van der Waals surface area contributed by atoms with E-state index in [9.17, 15) is 8.78 Å². The van der Waals surface area contributed by atoms with E-state index in [1.807, 2.05) is 4.90 Å². The lowest BCUT2D eigenvalue weighted by atomic mass is 9.96. The summed E-state index contributed by atoms with van der Waals surface area (Å²) in [6, 6.07) is 0.877. The molecular weight excluding hydrogens is 256 g/mol. The van der Waals surface area contributed by atoms with Crippen molar-refractivity contribution in [2.45, 2.75) is 17.6 Å². The van der Waals surface area contributed by atoms with Crippen LogP contribution in [-0.4, -0.2) is 35.6 Å². The molecule has 0 atom stereocenters. The smallest absolute Gasteiger partial charge is 0.168 e. The molecule has 0 aliphatic carbocycles. The second kappa shape index (κ2) is 5.40. The fraction of sp³-hybridized carbons (Fsp3) is 0.583. The van der Waals surface area contributed by atoms with Crippen LogP contribution in [0.15, 0.2) is 12.3 Å². The number of hydrogen-bond acceptors (Lipinski definition) is 4. The summed E-state index contributed by atoms with van der Waals surface area (Å²) in [4.78, 5) is 5.70. The minimum Gasteiger partial charge on any atom is -0.354 e. The summed E-state index contributed by atoms with van der Waals surface area (Å²) in [5.74, 6) is -1.00. The molecule has 1 fully saturated rings. The van der Waals surface area contributed by atoms with Crippen LogP contribution >= 0.6 is 11.8 Å². The van der Waals surface area contributed by atoms with Gasteiger partial charge < -0.3 is 10.6 Å². The van der Waals surface area contributed by atoms with Gasteiger partial charge in [-0.1, -0.05) is 0 Å². The lowest BCUT2D eigenvalue weighted by Gasteiger charge is -2.40. The number of pyridine rings is 1. The maximum Gasteiger partial charge on any atom is 0.168 e. The average Bonchev–Trinajstić information content (AvgIpc) is 2.39. The predicted molar refractivity (Wildman–Crippen MR) is 70.9 cm³/mol. The highest BCUT2D eigenvalue weighted by Crippen LogP contribution is 2.35. The van der Waals surface area contributed by atoms with Crippen LogP contribution in [0, 0.1) is 11.6 Å². The van der Waals surface area contributed by atoms with Crippen molar-refractivity contribution in [2.24, 2.45) is 5.73 Å². The quantitative estimate of drug-likeness (QED) is 0.915. The number of rotatable bonds is 3. The Balaban J connectivity index is 2.10. The number of aromatic nitrogens is 1. The molecule has 0 unspecified atom stereocenters. The van der Waals surface area contributed by atoms with Crippen molar-refractivity contribution in [1.82, 2.24) is 4.98 Å². The summed E-state index contributed by atoms with van der Waals surface area (Å²) in [7, 11) is 0. The standard InChI is InChI=1S/C12H17F2N3S/c1-18-12(8-15)2-4-17(5-3-12)11-10(14)6-9(13)7-16-11/h6-7H,2-5,8,15H2,1H3. The van der Waals surface area contributed by atoms with Crippen LogP contribution in [0.5, 0.6) is 0 Å². The molecular formula is C12H17F2N3S. The number of piperidine rings is 1. The molecule has 0 amide bonds. The molecule has 0 spiro atoms. The summed E-state index contributed by atoms with van der Waals surface area (Å²) in [6.07, 6.45) is 4.89. The highest BCUT2D eigenvalue weighted by Gasteiger charge is 2.33. The third-order valence-electron chi connectivity index (χ3n) is 3.57. The van der Waals surface area contributed by atoms with Crippen molar-refractivity contribution < 1.29 is 8.78 Å². The summed E-state index contributed by atoms with van der Waals surface area (Å²) in [5, 5.41) is 0. The van der Waals surface area contributed by atoms with Crippen molar-refractivity contribution in [2.75, 3.05) is 30.8 Å². The van der Waals surface area contributed by atoms with E-state index in [1.165, 1.54) is 0 Å². The molecule has 0 aromatic carbocycles. The molecule has 2 heterocycles. The number of thioether (sulfide) groups is 1. The number of anilines is 1. The molecule has 2 rings (SSSR count). The Labute approximate surface area is 110 Å². The molecule has 2 N–H and O–H groups in total. The SMILES string of the molecule is CSC1(CN)CCN(c2ncc(F)cc2F)CC1. The predicted octanol–water partition coefficient (Wildman–Crippen LogP) is 2.02. The third kappa shape index (κ3) is 2.59. The molecule has 0 bridgehead atoms. The zero-order valence-corrected chi connectivity index (χ0v) is 11.1. The topological polar surface area (TPSA) is 42.1 Å². The highest BCUT2D eigenvalue weighted by molar-refractivity contribution is 8.00. The third-order valence-corrected chi connectivity index (χ3v) is 5.01. The Hall–Kier alpha value is -0.880. The Morgan fingerprint density at radius 1 is 1.44 bits per heavy atom. The summed E-state index contributed by atoms with van der Waals surface area (Å²) >= 11 is 1.77. The van der Waals surface area contributed by atoms with Crippen LogP contribution in [0.3, 0.4) is 0 Å². The summed E-state index contributed by atoms with van der Waals surface area (Å²) in [6.45, 7) is 2.03. The summed E-state index contributed by atoms with van der Waals surface area (Å²) < 4.78 is 26.5. The van der Waals surface area contributed by atoms with Crippen LogP contribution in [0.1, 0.15) is 12.8 Å². The molecule has 18 heavy (non-hydrogen) atoms. The van der Waals surface area contributed by atoms with Gasteiger partial charge in [-0.05, 0) is 19.1 Å². The van der Waals surface area contributed by atoms with Crippen LogP contribution < -0.4 is 10.6 Å². The molecule has 1 aliphatic heterocycles. The summed E-state index contributed by atoms with van der Waals surface area (Å²) in [5.41, 5.74) is 5.80. The Morgan fingerprint density at radius 2 is 2.11 bits per heavy atom. The maximum absolute atomic E-state index is 13.6. The first-order valence-electron chi connectivity index (χ1n) is 5.91. The Kier molecular flexibility index (Phi) is 4.07. The molecule has 1 aliphatic rings. The average molecular weight is 273 g/mol. The minimum atomic E-state index is -0.645. The molecule has 3 nitrogen and oxygen atoms in total. The molecule has 0 radical (unpaired) electrons. The first-order valence-corrected chi connectivity index (χ1v) is 7.14. The molecule has 1 aromatic heterocycles. The van der Waals surface area contributed by atoms with Crippen LogP contribution in [0.25, 0.3) is 0 Å². The van der Waals surface area contributed by atoms with Gasteiger partial charge >= 0.3 is 0 Å². The fourth-order valence-electron chi connectivity index (χ4n) is 2.26. The molecule has 1 saturated heterocycles. The number of halogens is 2. The second-order valence-electron chi connectivity index (χ2n) is 4.54. The van der Waals surface area contributed by atoms with E-state index in [0.29, 0.717) is 19.6 Å². The molecule has 6 heteroatoms. The van der Waals surface area contributed by atoms with Gasteiger partial charge in [0.15, 0.2) is 11.6 Å². The second-order valence-corrected chi connectivity index (χ2v) is 5.81. The van der Waals surface area contributed by atoms with Crippen molar-refractivity contribution in [1.29, 1.82) is 0 Å². The van der Waals surface area contributed by atoms with E-state index in [0.717, 1.165) is 25.1 Å². The lowest BCUT2D eigenvalue weighted by molar-refractivity contribution is 0.449. The lowest BCUT2D eigenvalue weighted by Crippen LogP contribution is -2.47. The molecule has 0 saturated carbocycles. The van der Waals surface area contributed by atoms with Gasteiger partial charge in [0, 0.05) is 30.4 Å². The number of nitrogens with two attached hydrogens (primary N) is 1. The van der Waals surface area contributed by atoms with Gasteiger partial charge in [-0.2, -0.15) is 11.8 Å². The zero-order valence-electron chi connectivity index (χ0n) is 10.3. The van der Waals surface area contributed by atoms with Crippen LogP contribution in [0.4, 0.5) is 14.6 Å².